The van der Waals surface area contributed by atoms with Crippen molar-refractivity contribution in [2.45, 2.75) is 0 Å². The molecule has 0 aliphatic heterocycles. The van der Waals surface area contributed by atoms with Crippen molar-refractivity contribution in [3.8, 4) is 5.75 Å². The summed E-state index contributed by atoms with van der Waals surface area (Å²) in [6, 6.07) is 10.0. The number of para-hydroxylation sites is 1. The third-order valence-corrected chi connectivity index (χ3v) is 8.06. The van der Waals surface area contributed by atoms with Gasteiger partial charge in [0.05, 0.1) is 0 Å². The molecule has 0 N–H and O–H groups in total. The number of hydrogen-bond donors (Lipinski definition) is 0. The molecule has 0 atom stereocenters. The van der Waals surface area contributed by atoms with Crippen LogP contribution in [0.3, 0.4) is 0 Å². The second-order valence-electron chi connectivity index (χ2n) is 1.86. The number of hydrogen-bond acceptors (Lipinski definition) is 1. The normalized spacial score (nSPS) is 11.2. The molecule has 1 aromatic carbocycles. The molecule has 60 valence electrons. The van der Waals surface area contributed by atoms with Gasteiger partial charge in [0.25, 0.3) is 0 Å². The Kier molecular flexibility index (Phi) is 5.16. The summed E-state index contributed by atoms with van der Waals surface area (Å²) in [6.45, 7) is 0. The van der Waals surface area contributed by atoms with Gasteiger partial charge in [-0.15, -0.1) is 0 Å². The van der Waals surface area contributed by atoms with Gasteiger partial charge in [-0.1, -0.05) is 0 Å². The van der Waals surface area contributed by atoms with Crippen LogP contribution in [0.5, 0.6) is 5.75 Å². The van der Waals surface area contributed by atoms with Gasteiger partial charge >= 0.3 is 101 Å². The van der Waals surface area contributed by atoms with E-state index in [4.69, 9.17) is 2.85 Å². The first-order valence-electron chi connectivity index (χ1n) is 2.89. The molecule has 1 nitrogen and oxygen atoms in total. The Hall–Kier alpha value is 2.08. The van der Waals surface area contributed by atoms with E-state index in [9.17, 15) is 0 Å². The molecule has 11 heavy (non-hydrogen) atoms. The first-order chi connectivity index (χ1) is 5.08. The quantitative estimate of drug-likeness (QED) is 0.345. The SMILES string of the molecule is [I][Hf]([I])([I])[O]c1ccccc1. The van der Waals surface area contributed by atoms with Gasteiger partial charge in [0.1, 0.15) is 0 Å². The molecule has 0 fully saturated rings. The van der Waals surface area contributed by atoms with Crippen LogP contribution in [-0.2, 0) is 7.94 Å². The Balaban J connectivity index is 2.66. The molecule has 0 amide bonds. The molecule has 0 aliphatic carbocycles. The molecule has 0 bridgehead atoms. The average Bonchev–Trinajstić information content (AvgIpc) is 1.85. The van der Waals surface area contributed by atoms with Crippen molar-refractivity contribution < 1.29 is 10.8 Å². The van der Waals surface area contributed by atoms with Crippen molar-refractivity contribution in [2.75, 3.05) is 0 Å². The molecule has 0 unspecified atom stereocenters. The first kappa shape index (κ1) is 11.2. The molecule has 0 saturated carbocycles. The number of halogens is 3. The Labute approximate surface area is 98.9 Å². The summed E-state index contributed by atoms with van der Waals surface area (Å²) in [5, 5.41) is 0. The zero-order chi connectivity index (χ0) is 8.32. The molecule has 1 rings (SSSR count). The summed E-state index contributed by atoms with van der Waals surface area (Å²) >= 11 is 7.36. The Morgan fingerprint density at radius 1 is 1.00 bits per heavy atom. The summed E-state index contributed by atoms with van der Waals surface area (Å²) in [6.07, 6.45) is 0. The van der Waals surface area contributed by atoms with Gasteiger partial charge in [-0.05, 0) is 0 Å². The average molecular weight is 652 g/mol. The minimum absolute atomic E-state index is 1.01. The van der Waals surface area contributed by atoms with Gasteiger partial charge in [0.2, 0.25) is 0 Å². The van der Waals surface area contributed by atoms with Crippen LogP contribution in [0.4, 0.5) is 0 Å². The first-order valence-corrected chi connectivity index (χ1v) is 34.9. The van der Waals surface area contributed by atoms with E-state index in [2.05, 4.69) is 54.4 Å². The fourth-order valence-corrected chi connectivity index (χ4v) is 8.31. The molecule has 0 saturated heterocycles. The second kappa shape index (κ2) is 5.08. The van der Waals surface area contributed by atoms with Crippen LogP contribution < -0.4 is 2.85 Å². The maximum absolute atomic E-state index is 5.78. The molecule has 0 heterocycles. The van der Waals surface area contributed by atoms with Crippen LogP contribution >= 0.6 is 54.4 Å². The molecule has 0 radical (unpaired) electrons. The van der Waals surface area contributed by atoms with E-state index in [1.165, 1.54) is 0 Å². The van der Waals surface area contributed by atoms with Gasteiger partial charge in [0, 0.05) is 0 Å². The Morgan fingerprint density at radius 3 is 2.00 bits per heavy atom. The summed E-state index contributed by atoms with van der Waals surface area (Å²) in [7, 11) is -2.27. The molecule has 0 spiro atoms. The minimum atomic E-state index is -2.27. The fourth-order valence-electron chi connectivity index (χ4n) is 0.622. The molecule has 1 aromatic rings. The molecular formula is C6H5HfI3O. The van der Waals surface area contributed by atoms with Crippen molar-refractivity contribution >= 4 is 54.4 Å². The van der Waals surface area contributed by atoms with Crippen LogP contribution in [0.25, 0.3) is 0 Å². The second-order valence-corrected chi connectivity index (χ2v) is 93.8. The van der Waals surface area contributed by atoms with Crippen LogP contribution in [0.1, 0.15) is 0 Å². The summed E-state index contributed by atoms with van der Waals surface area (Å²) in [5.74, 6) is 1.01. The summed E-state index contributed by atoms with van der Waals surface area (Å²) < 4.78 is 5.78. The van der Waals surface area contributed by atoms with Crippen LogP contribution in [0, 0.1) is 0 Å². The van der Waals surface area contributed by atoms with Crippen molar-refractivity contribution in [1.82, 2.24) is 0 Å². The molecule has 5 heteroatoms. The van der Waals surface area contributed by atoms with Crippen molar-refractivity contribution in [3.05, 3.63) is 30.3 Å². The standard InChI is InChI=1S/C6H6O.Hf.3HI/c7-6-4-2-1-3-5-6;;;;/h1-5,7H;;3*1H/q;+4;;;/p-4. The third-order valence-electron chi connectivity index (χ3n) is 0.977. The van der Waals surface area contributed by atoms with E-state index in [0.29, 0.717) is 0 Å². The Bertz CT molecular complexity index is 221. The van der Waals surface area contributed by atoms with E-state index >= 15 is 0 Å². The molecule has 0 aromatic heterocycles. The third kappa shape index (κ3) is 5.40. The number of benzene rings is 1. The van der Waals surface area contributed by atoms with Crippen molar-refractivity contribution in [3.63, 3.8) is 0 Å². The summed E-state index contributed by atoms with van der Waals surface area (Å²) in [4.78, 5) is 0. The van der Waals surface area contributed by atoms with E-state index in [0.717, 1.165) is 5.75 Å². The zero-order valence-corrected chi connectivity index (χ0v) is 15.5. The molecule has 0 aliphatic rings. The predicted molar refractivity (Wildman–Crippen MR) is 69.1 cm³/mol. The van der Waals surface area contributed by atoms with Crippen LogP contribution in [0.2, 0.25) is 0 Å². The van der Waals surface area contributed by atoms with Gasteiger partial charge in [0.15, 0.2) is 0 Å². The van der Waals surface area contributed by atoms with Gasteiger partial charge < -0.3 is 0 Å². The van der Waals surface area contributed by atoms with Crippen molar-refractivity contribution in [1.29, 1.82) is 0 Å². The predicted octanol–water partition coefficient (Wildman–Crippen LogP) is 4.18. The van der Waals surface area contributed by atoms with Gasteiger partial charge in [-0.25, -0.2) is 0 Å². The zero-order valence-electron chi connectivity index (χ0n) is 5.43. The monoisotopic (exact) mass is 654 g/mol. The molecular weight excluding hydrogens is 647 g/mol. The van der Waals surface area contributed by atoms with Crippen LogP contribution in [-0.4, -0.2) is 0 Å². The Morgan fingerprint density at radius 2 is 1.55 bits per heavy atom. The van der Waals surface area contributed by atoms with Gasteiger partial charge in [-0.3, -0.25) is 0 Å². The van der Waals surface area contributed by atoms with E-state index in [-0.39, 0.29) is 0 Å². The van der Waals surface area contributed by atoms with Crippen LogP contribution in [0.15, 0.2) is 30.3 Å². The van der Waals surface area contributed by atoms with Crippen molar-refractivity contribution in [2.24, 2.45) is 0 Å². The number of rotatable bonds is 2. The van der Waals surface area contributed by atoms with E-state index < -0.39 is 7.94 Å². The summed E-state index contributed by atoms with van der Waals surface area (Å²) in [5.41, 5.74) is 0. The topological polar surface area (TPSA) is 9.23 Å². The van der Waals surface area contributed by atoms with E-state index in [1.54, 1.807) is 0 Å². The van der Waals surface area contributed by atoms with Gasteiger partial charge in [-0.2, -0.15) is 0 Å². The van der Waals surface area contributed by atoms with E-state index in [1.807, 2.05) is 30.3 Å². The maximum atomic E-state index is 5.78. The fraction of sp³-hybridized carbons (Fsp3) is 0.